The molecule has 0 saturated carbocycles. The van der Waals surface area contributed by atoms with Crippen LogP contribution in [0.15, 0.2) is 75.5 Å². The number of nitrogens with one attached hydrogen (secondary N) is 1. The van der Waals surface area contributed by atoms with Gasteiger partial charge in [-0.1, -0.05) is 51.3 Å². The number of carbonyl (C=O) groups excluding carboxylic acids is 1. The summed E-state index contributed by atoms with van der Waals surface area (Å²) in [6, 6.07) is 16.6. The van der Waals surface area contributed by atoms with E-state index in [4.69, 9.17) is 28.9 Å². The van der Waals surface area contributed by atoms with Gasteiger partial charge in [0.15, 0.2) is 0 Å². The van der Waals surface area contributed by atoms with Crippen LogP contribution in [0.1, 0.15) is 17.0 Å². The van der Waals surface area contributed by atoms with Crippen LogP contribution < -0.4 is 25.8 Å². The molecule has 12 heteroatoms. The van der Waals surface area contributed by atoms with Crippen LogP contribution in [-0.4, -0.2) is 10.5 Å². The molecule has 0 fully saturated rings. The molecule has 1 aliphatic rings. The van der Waals surface area contributed by atoms with E-state index in [0.717, 1.165) is 26.4 Å². The fraction of sp³-hybridized carbons (Fsp3) is 0.0357. The van der Waals surface area contributed by atoms with Crippen molar-refractivity contribution in [1.82, 2.24) is 4.57 Å². The van der Waals surface area contributed by atoms with Gasteiger partial charge in [-0.25, -0.2) is 8.78 Å². The van der Waals surface area contributed by atoms with Gasteiger partial charge in [-0.15, -0.1) is 11.3 Å². The Kier molecular flexibility index (Phi) is 7.66. The third-order valence-electron chi connectivity index (χ3n) is 6.18. The van der Waals surface area contributed by atoms with Crippen molar-refractivity contribution < 1.29 is 13.6 Å². The minimum atomic E-state index is -1.35. The van der Waals surface area contributed by atoms with Crippen molar-refractivity contribution >= 4 is 79.5 Å². The van der Waals surface area contributed by atoms with Crippen LogP contribution in [-0.2, 0) is 4.79 Å². The Morgan fingerprint density at radius 1 is 1.07 bits per heavy atom. The first-order valence-corrected chi connectivity index (χ1v) is 13.8. The molecule has 0 spiro atoms. The van der Waals surface area contributed by atoms with E-state index in [-0.39, 0.29) is 47.3 Å². The predicted molar refractivity (Wildman–Crippen MR) is 156 cm³/mol. The lowest BCUT2D eigenvalue weighted by atomic mass is 9.83. The Labute approximate surface area is 248 Å². The second kappa shape index (κ2) is 11.0. The number of allylic oxidation sites excluding steroid dienone is 1. The Morgan fingerprint density at radius 3 is 2.35 bits per heavy atom. The van der Waals surface area contributed by atoms with Crippen LogP contribution in [0.25, 0.3) is 17.5 Å². The van der Waals surface area contributed by atoms with Gasteiger partial charge in [-0.05, 0) is 54.6 Å². The van der Waals surface area contributed by atoms with E-state index in [1.807, 2.05) is 6.07 Å². The Balaban J connectivity index is 1.87. The molecule has 5 rings (SSSR count). The number of nitriles is 1. The molecule has 1 aliphatic heterocycles. The van der Waals surface area contributed by atoms with Gasteiger partial charge < -0.3 is 11.1 Å². The highest BCUT2D eigenvalue weighted by atomic mass is 79.9. The van der Waals surface area contributed by atoms with Gasteiger partial charge in [-0.3, -0.25) is 14.2 Å². The number of halogens is 5. The maximum atomic E-state index is 15.3. The number of nitrogens with two attached hydrogens (primary N) is 1. The molecule has 3 N–H and O–H groups in total. The number of amides is 1. The Bertz CT molecular complexity index is 1920. The normalized spacial score (nSPS) is 15.2. The standard InChI is InChI=1S/C28H15BrCl2F2N4O2S/c29-13-7-9-14(10-8-13)36-26(38)24-22(23-18(31)4-2-6-20(23)33)16(12-34)25(35)37-27(39)21(40-28(24)37)11-15-17(30)3-1-5-19(15)32/h1-11,22H,35H2,(H,36,38)/b21-11-. The molecule has 0 radical (unpaired) electrons. The SMILES string of the molecule is N#CC1=C(N)n2c(s/c(=C\c3c(F)cccc3Cl)c2=O)=C(C(=O)Nc2ccc(Br)cc2)C1c1c(F)cccc1Cl. The lowest BCUT2D eigenvalue weighted by Gasteiger charge is -2.26. The first-order valence-electron chi connectivity index (χ1n) is 11.4. The summed E-state index contributed by atoms with van der Waals surface area (Å²) in [4.78, 5) is 27.4. The monoisotopic (exact) mass is 658 g/mol. The van der Waals surface area contributed by atoms with E-state index < -0.39 is 29.0 Å². The van der Waals surface area contributed by atoms with Crippen LogP contribution in [0.3, 0.4) is 0 Å². The van der Waals surface area contributed by atoms with E-state index in [1.54, 1.807) is 24.3 Å². The number of aromatic nitrogens is 1. The zero-order valence-electron chi connectivity index (χ0n) is 20.0. The lowest BCUT2D eigenvalue weighted by Crippen LogP contribution is -2.41. The average molecular weight is 660 g/mol. The van der Waals surface area contributed by atoms with Gasteiger partial charge in [-0.2, -0.15) is 5.26 Å². The zero-order valence-corrected chi connectivity index (χ0v) is 23.9. The van der Waals surface area contributed by atoms with Crippen molar-refractivity contribution in [3.63, 3.8) is 0 Å². The third-order valence-corrected chi connectivity index (χ3v) is 8.47. The fourth-order valence-corrected chi connectivity index (χ4v) is 6.26. The molecular weight excluding hydrogens is 645 g/mol. The number of thiazole rings is 1. The maximum absolute atomic E-state index is 15.3. The third kappa shape index (κ3) is 4.86. The molecule has 1 atom stereocenters. The smallest absolute Gasteiger partial charge is 0.274 e. The van der Waals surface area contributed by atoms with Gasteiger partial charge >= 0.3 is 0 Å². The number of rotatable bonds is 4. The fourth-order valence-electron chi connectivity index (χ4n) is 4.35. The molecule has 0 saturated heterocycles. The van der Waals surface area contributed by atoms with Crippen LogP contribution in [0.5, 0.6) is 0 Å². The highest BCUT2D eigenvalue weighted by molar-refractivity contribution is 9.10. The number of fused-ring (bicyclic) bond motifs is 1. The molecule has 1 amide bonds. The largest absolute Gasteiger partial charge is 0.384 e. The molecule has 0 bridgehead atoms. The number of nitrogens with zero attached hydrogens (tertiary/aromatic N) is 2. The number of hydrogen-bond acceptors (Lipinski definition) is 5. The molecular formula is C28H15BrCl2F2N4O2S. The first kappa shape index (κ1) is 27.8. The highest BCUT2D eigenvalue weighted by Gasteiger charge is 2.38. The summed E-state index contributed by atoms with van der Waals surface area (Å²) in [5, 5.41) is 12.9. The summed E-state index contributed by atoms with van der Waals surface area (Å²) >= 11 is 16.7. The van der Waals surface area contributed by atoms with Crippen molar-refractivity contribution in [2.45, 2.75) is 5.92 Å². The van der Waals surface area contributed by atoms with Crippen LogP contribution in [0, 0.1) is 23.0 Å². The summed E-state index contributed by atoms with van der Waals surface area (Å²) in [5.41, 5.74) is 5.42. The predicted octanol–water partition coefficient (Wildman–Crippen LogP) is 5.32. The quantitative estimate of drug-likeness (QED) is 0.310. The van der Waals surface area contributed by atoms with Crippen LogP contribution in [0.4, 0.5) is 14.5 Å². The van der Waals surface area contributed by atoms with Crippen molar-refractivity contribution in [3.05, 3.63) is 123 Å². The number of hydrogen-bond donors (Lipinski definition) is 2. The average Bonchev–Trinajstić information content (AvgIpc) is 3.23. The van der Waals surface area contributed by atoms with E-state index in [9.17, 15) is 19.2 Å². The lowest BCUT2D eigenvalue weighted by molar-refractivity contribution is -0.111. The van der Waals surface area contributed by atoms with Crippen molar-refractivity contribution in [3.8, 4) is 6.07 Å². The molecule has 1 unspecified atom stereocenters. The summed E-state index contributed by atoms with van der Waals surface area (Å²) in [7, 11) is 0. The van der Waals surface area contributed by atoms with E-state index in [2.05, 4.69) is 21.2 Å². The van der Waals surface area contributed by atoms with E-state index in [1.165, 1.54) is 36.4 Å². The number of benzene rings is 3. The van der Waals surface area contributed by atoms with Crippen LogP contribution in [0.2, 0.25) is 10.0 Å². The summed E-state index contributed by atoms with van der Waals surface area (Å²) in [6.45, 7) is 0. The van der Waals surface area contributed by atoms with E-state index >= 15 is 4.39 Å². The minimum absolute atomic E-state index is 0.0172. The van der Waals surface area contributed by atoms with Gasteiger partial charge in [0.1, 0.15) is 22.1 Å². The zero-order chi connectivity index (χ0) is 28.7. The molecule has 40 heavy (non-hydrogen) atoms. The Hall–Kier alpha value is -3.75. The second-order valence-corrected chi connectivity index (χ2v) is 11.3. The summed E-state index contributed by atoms with van der Waals surface area (Å²) in [5.74, 6) is -3.82. The molecule has 3 aromatic carbocycles. The van der Waals surface area contributed by atoms with E-state index in [0.29, 0.717) is 5.69 Å². The summed E-state index contributed by atoms with van der Waals surface area (Å²) < 4.78 is 31.6. The van der Waals surface area contributed by atoms with Crippen molar-refractivity contribution in [1.29, 1.82) is 5.26 Å². The highest BCUT2D eigenvalue weighted by Crippen LogP contribution is 2.41. The molecule has 1 aromatic heterocycles. The molecule has 4 aromatic rings. The number of anilines is 1. The minimum Gasteiger partial charge on any atom is -0.384 e. The van der Waals surface area contributed by atoms with Gasteiger partial charge in [0, 0.05) is 26.3 Å². The molecule has 2 heterocycles. The molecule has 0 aliphatic carbocycles. The Morgan fingerprint density at radius 2 is 1.73 bits per heavy atom. The van der Waals surface area contributed by atoms with Gasteiger partial charge in [0.05, 0.1) is 32.7 Å². The van der Waals surface area contributed by atoms with Crippen LogP contribution >= 0.6 is 50.5 Å². The molecule has 200 valence electrons. The maximum Gasteiger partial charge on any atom is 0.274 e. The van der Waals surface area contributed by atoms with Crippen molar-refractivity contribution in [2.24, 2.45) is 5.73 Å². The topological polar surface area (TPSA) is 101 Å². The van der Waals surface area contributed by atoms with Gasteiger partial charge in [0.25, 0.3) is 11.5 Å². The van der Waals surface area contributed by atoms with Crippen molar-refractivity contribution in [2.75, 3.05) is 5.32 Å². The van der Waals surface area contributed by atoms with Gasteiger partial charge in [0.2, 0.25) is 0 Å². The number of carbonyl (C=O) groups is 1. The molecule has 6 nitrogen and oxygen atoms in total. The second-order valence-electron chi connectivity index (χ2n) is 8.55. The first-order chi connectivity index (χ1) is 19.1. The summed E-state index contributed by atoms with van der Waals surface area (Å²) in [6.07, 6.45) is 1.24.